The van der Waals surface area contributed by atoms with Gasteiger partial charge in [0.05, 0.1) is 11.2 Å². The van der Waals surface area contributed by atoms with Gasteiger partial charge in [-0.05, 0) is 51.0 Å². The zero-order valence-corrected chi connectivity index (χ0v) is 11.8. The Labute approximate surface area is 114 Å². The topological polar surface area (TPSA) is 70.4 Å². The zero-order valence-electron chi connectivity index (χ0n) is 11.8. The highest BCUT2D eigenvalue weighted by atomic mass is 16.2. The van der Waals surface area contributed by atoms with Crippen molar-refractivity contribution in [3.05, 3.63) is 23.8 Å². The number of benzene rings is 1. The molecular weight excluding hydrogens is 240 g/mol. The van der Waals surface area contributed by atoms with Gasteiger partial charge in [-0.3, -0.25) is 4.79 Å². The van der Waals surface area contributed by atoms with Crippen LogP contribution < -0.4 is 21.5 Å². The number of carbonyl (C=O) groups is 1. The Morgan fingerprint density at radius 3 is 2.74 bits per heavy atom. The number of hydrazine groups is 1. The van der Waals surface area contributed by atoms with Crippen molar-refractivity contribution in [2.24, 2.45) is 5.73 Å². The lowest BCUT2D eigenvalue weighted by Gasteiger charge is -2.22. The Kier molecular flexibility index (Phi) is 3.78. The van der Waals surface area contributed by atoms with E-state index in [1.165, 1.54) is 0 Å². The van der Waals surface area contributed by atoms with Crippen molar-refractivity contribution in [2.75, 3.05) is 23.4 Å². The Bertz CT molecular complexity index is 473. The molecule has 1 aromatic carbocycles. The molecule has 0 aromatic heterocycles. The van der Waals surface area contributed by atoms with Crippen molar-refractivity contribution < 1.29 is 4.79 Å². The summed E-state index contributed by atoms with van der Waals surface area (Å²) in [6, 6.07) is 5.90. The lowest BCUT2D eigenvalue weighted by Crippen LogP contribution is -2.45. The van der Waals surface area contributed by atoms with Crippen LogP contribution in [0.25, 0.3) is 0 Å². The number of hydrogen-bond donors (Lipinski definition) is 3. The van der Waals surface area contributed by atoms with Gasteiger partial charge in [-0.15, -0.1) is 0 Å². The fraction of sp³-hybridized carbons (Fsp3) is 0.500. The van der Waals surface area contributed by atoms with E-state index in [-0.39, 0.29) is 5.91 Å². The van der Waals surface area contributed by atoms with Crippen LogP contribution in [0.15, 0.2) is 18.2 Å². The molecule has 4 N–H and O–H groups in total. The van der Waals surface area contributed by atoms with Crippen molar-refractivity contribution in [3.63, 3.8) is 0 Å². The summed E-state index contributed by atoms with van der Waals surface area (Å²) in [5.74, 6) is -0.182. The summed E-state index contributed by atoms with van der Waals surface area (Å²) in [5, 5.41) is 4.98. The highest BCUT2D eigenvalue weighted by molar-refractivity contribution is 5.97. The fourth-order valence-electron chi connectivity index (χ4n) is 2.06. The molecule has 0 aliphatic carbocycles. The SMILES string of the molecule is Cc1cc(NC(=O)C(C)(C)N)ccc1N1CCCN1. The van der Waals surface area contributed by atoms with Crippen LogP contribution in [0, 0.1) is 6.92 Å². The maximum Gasteiger partial charge on any atom is 0.243 e. The van der Waals surface area contributed by atoms with Crippen molar-refractivity contribution >= 4 is 17.3 Å². The number of amides is 1. The van der Waals surface area contributed by atoms with Crippen LogP contribution in [-0.4, -0.2) is 24.5 Å². The molecule has 1 fully saturated rings. The molecule has 0 bridgehead atoms. The fourth-order valence-corrected chi connectivity index (χ4v) is 2.06. The molecule has 1 aliphatic rings. The molecule has 19 heavy (non-hydrogen) atoms. The predicted molar refractivity (Wildman–Crippen MR) is 78.0 cm³/mol. The smallest absolute Gasteiger partial charge is 0.243 e. The molecule has 0 atom stereocenters. The molecule has 0 unspecified atom stereocenters. The van der Waals surface area contributed by atoms with E-state index in [4.69, 9.17) is 5.73 Å². The molecule has 5 heteroatoms. The van der Waals surface area contributed by atoms with Crippen LogP contribution in [0.3, 0.4) is 0 Å². The molecular formula is C14H22N4O. The average Bonchev–Trinajstić information content (AvgIpc) is 2.81. The van der Waals surface area contributed by atoms with Crippen LogP contribution in [-0.2, 0) is 4.79 Å². The first-order chi connectivity index (χ1) is 8.88. The second-order valence-electron chi connectivity index (χ2n) is 5.59. The second-order valence-corrected chi connectivity index (χ2v) is 5.59. The number of aryl methyl sites for hydroxylation is 1. The minimum absolute atomic E-state index is 0.182. The first-order valence-corrected chi connectivity index (χ1v) is 6.60. The van der Waals surface area contributed by atoms with Crippen LogP contribution in [0.5, 0.6) is 0 Å². The number of nitrogens with two attached hydrogens (primary N) is 1. The van der Waals surface area contributed by atoms with Gasteiger partial charge in [0.15, 0.2) is 0 Å². The van der Waals surface area contributed by atoms with Crippen LogP contribution in [0.1, 0.15) is 25.8 Å². The largest absolute Gasteiger partial charge is 0.324 e. The van der Waals surface area contributed by atoms with Crippen LogP contribution in [0.4, 0.5) is 11.4 Å². The van der Waals surface area contributed by atoms with Gasteiger partial charge in [0.25, 0.3) is 0 Å². The quantitative estimate of drug-likeness (QED) is 0.770. The number of rotatable bonds is 3. The summed E-state index contributed by atoms with van der Waals surface area (Å²) >= 11 is 0. The van der Waals surface area contributed by atoms with Gasteiger partial charge in [-0.25, -0.2) is 5.43 Å². The molecule has 1 saturated heterocycles. The monoisotopic (exact) mass is 262 g/mol. The summed E-state index contributed by atoms with van der Waals surface area (Å²) in [5.41, 5.74) is 11.3. The zero-order chi connectivity index (χ0) is 14.0. The van der Waals surface area contributed by atoms with Gasteiger partial charge in [-0.1, -0.05) is 0 Å². The van der Waals surface area contributed by atoms with Gasteiger partial charge in [0.2, 0.25) is 5.91 Å². The van der Waals surface area contributed by atoms with Crippen molar-refractivity contribution in [2.45, 2.75) is 32.7 Å². The minimum Gasteiger partial charge on any atom is -0.324 e. The van der Waals surface area contributed by atoms with Gasteiger partial charge < -0.3 is 16.1 Å². The van der Waals surface area contributed by atoms with Gasteiger partial charge in [-0.2, -0.15) is 0 Å². The van der Waals surface area contributed by atoms with E-state index in [2.05, 4.69) is 15.8 Å². The Hall–Kier alpha value is -1.59. The number of nitrogens with zero attached hydrogens (tertiary/aromatic N) is 1. The molecule has 2 rings (SSSR count). The van der Waals surface area contributed by atoms with E-state index in [1.54, 1.807) is 13.8 Å². The molecule has 1 heterocycles. The van der Waals surface area contributed by atoms with Gasteiger partial charge in [0.1, 0.15) is 0 Å². The molecule has 1 aliphatic heterocycles. The van der Waals surface area contributed by atoms with E-state index in [9.17, 15) is 4.79 Å². The van der Waals surface area contributed by atoms with Gasteiger partial charge >= 0.3 is 0 Å². The average molecular weight is 262 g/mol. The van der Waals surface area contributed by atoms with E-state index in [0.29, 0.717) is 0 Å². The Morgan fingerprint density at radius 1 is 1.47 bits per heavy atom. The number of hydrogen-bond acceptors (Lipinski definition) is 4. The van der Waals surface area contributed by atoms with Crippen molar-refractivity contribution in [1.82, 2.24) is 5.43 Å². The summed E-state index contributed by atoms with van der Waals surface area (Å²) in [4.78, 5) is 11.8. The maximum atomic E-state index is 11.8. The molecule has 0 spiro atoms. The Morgan fingerprint density at radius 2 is 2.21 bits per heavy atom. The normalized spacial score (nSPS) is 15.7. The van der Waals surface area contributed by atoms with Crippen molar-refractivity contribution in [3.8, 4) is 0 Å². The lowest BCUT2D eigenvalue weighted by molar-refractivity contribution is -0.120. The van der Waals surface area contributed by atoms with E-state index < -0.39 is 5.54 Å². The number of anilines is 2. The summed E-state index contributed by atoms with van der Waals surface area (Å²) in [6.07, 6.45) is 1.15. The first-order valence-electron chi connectivity index (χ1n) is 6.60. The summed E-state index contributed by atoms with van der Waals surface area (Å²) in [6.45, 7) is 7.45. The van der Waals surface area contributed by atoms with Crippen LogP contribution >= 0.6 is 0 Å². The third-order valence-electron chi connectivity index (χ3n) is 3.19. The van der Waals surface area contributed by atoms with E-state index >= 15 is 0 Å². The second kappa shape index (κ2) is 5.19. The maximum absolute atomic E-state index is 11.8. The summed E-state index contributed by atoms with van der Waals surface area (Å²) in [7, 11) is 0. The predicted octanol–water partition coefficient (Wildman–Crippen LogP) is 1.39. The highest BCUT2D eigenvalue weighted by Gasteiger charge is 2.22. The number of nitrogens with one attached hydrogen (secondary N) is 2. The molecule has 1 amide bonds. The van der Waals surface area contributed by atoms with Gasteiger partial charge in [0, 0.05) is 18.8 Å². The minimum atomic E-state index is -0.872. The molecule has 0 saturated carbocycles. The van der Waals surface area contributed by atoms with E-state index in [0.717, 1.165) is 36.4 Å². The Balaban J connectivity index is 2.12. The molecule has 104 valence electrons. The lowest BCUT2D eigenvalue weighted by atomic mass is 10.1. The van der Waals surface area contributed by atoms with Crippen LogP contribution in [0.2, 0.25) is 0 Å². The first kappa shape index (κ1) is 13.8. The molecule has 5 nitrogen and oxygen atoms in total. The molecule has 0 radical (unpaired) electrons. The van der Waals surface area contributed by atoms with E-state index in [1.807, 2.05) is 25.1 Å². The number of carbonyl (C=O) groups excluding carboxylic acids is 1. The van der Waals surface area contributed by atoms with Crippen molar-refractivity contribution in [1.29, 1.82) is 0 Å². The standard InChI is InChI=1S/C14H22N4O/c1-10-9-11(17-13(19)14(2,3)15)5-6-12(10)18-8-4-7-16-18/h5-6,9,16H,4,7-8,15H2,1-3H3,(H,17,19). The third-order valence-corrected chi connectivity index (χ3v) is 3.19. The highest BCUT2D eigenvalue weighted by Crippen LogP contribution is 2.24. The summed E-state index contributed by atoms with van der Waals surface area (Å²) < 4.78 is 0. The molecule has 1 aromatic rings. The third kappa shape index (κ3) is 3.24.